The van der Waals surface area contributed by atoms with Crippen LogP contribution in [0.2, 0.25) is 0 Å². The van der Waals surface area contributed by atoms with Crippen molar-refractivity contribution in [1.82, 2.24) is 0 Å². The van der Waals surface area contributed by atoms with Crippen LogP contribution in [0.5, 0.6) is 0 Å². The molecule has 0 aromatic rings. The van der Waals surface area contributed by atoms with Gasteiger partial charge in [-0.25, -0.2) is 0 Å². The number of allylic oxidation sites excluding steroid dienone is 4. The summed E-state index contributed by atoms with van der Waals surface area (Å²) in [6.45, 7) is 19.7. The van der Waals surface area contributed by atoms with E-state index in [9.17, 15) is 0 Å². The predicted molar refractivity (Wildman–Crippen MR) is 106 cm³/mol. The summed E-state index contributed by atoms with van der Waals surface area (Å²) in [5, 5.41) is 4.67. The molecule has 4 rings (SSSR count). The first-order valence-electron chi connectivity index (χ1n) is 8.62. The molecule has 0 aromatic heterocycles. The Morgan fingerprint density at radius 2 is 0.957 bits per heavy atom. The Labute approximate surface area is 150 Å². The van der Waals surface area contributed by atoms with E-state index < -0.39 is 0 Å². The first-order valence-corrected chi connectivity index (χ1v) is 10.4. The molecule has 2 aliphatic heterocycles. The zero-order valence-electron chi connectivity index (χ0n) is 15.6. The van der Waals surface area contributed by atoms with E-state index in [4.69, 9.17) is 0 Å². The van der Waals surface area contributed by atoms with Crippen LogP contribution >= 0.6 is 23.5 Å². The topological polar surface area (TPSA) is 0 Å². The molecular formula is C21H28S2. The van der Waals surface area contributed by atoms with Crippen molar-refractivity contribution in [1.29, 1.82) is 0 Å². The van der Waals surface area contributed by atoms with Crippen LogP contribution in [0.1, 0.15) is 55.4 Å². The molecule has 2 atom stereocenters. The van der Waals surface area contributed by atoms with Gasteiger partial charge in [0.2, 0.25) is 0 Å². The van der Waals surface area contributed by atoms with Crippen molar-refractivity contribution in [3.05, 3.63) is 45.3 Å². The molecule has 0 amide bonds. The monoisotopic (exact) mass is 344 g/mol. The van der Waals surface area contributed by atoms with Crippen molar-refractivity contribution < 1.29 is 0 Å². The number of hydrogen-bond acceptors (Lipinski definition) is 2. The van der Waals surface area contributed by atoms with Gasteiger partial charge in [-0.15, -0.1) is 23.5 Å². The lowest BCUT2D eigenvalue weighted by atomic mass is 9.60. The van der Waals surface area contributed by atoms with E-state index >= 15 is 0 Å². The highest BCUT2D eigenvalue weighted by atomic mass is 32.2. The molecule has 0 N–H and O–H groups in total. The minimum absolute atomic E-state index is 0.142. The fourth-order valence-corrected chi connectivity index (χ4v) is 7.78. The van der Waals surface area contributed by atoms with Gasteiger partial charge < -0.3 is 0 Å². The SMILES string of the molecule is CC1(C)C2=C3C=CS[C@@]3(C)[C@]3(C)SC=CC3=C2C(C)(C)C1(C)C. The van der Waals surface area contributed by atoms with Crippen LogP contribution in [-0.2, 0) is 0 Å². The normalized spacial score (nSPS) is 41.4. The second kappa shape index (κ2) is 4.07. The van der Waals surface area contributed by atoms with Gasteiger partial charge in [-0.3, -0.25) is 0 Å². The van der Waals surface area contributed by atoms with Crippen LogP contribution in [0, 0.1) is 16.2 Å². The molecule has 0 spiro atoms. The van der Waals surface area contributed by atoms with Crippen LogP contribution in [-0.4, -0.2) is 9.49 Å². The van der Waals surface area contributed by atoms with E-state index in [-0.39, 0.29) is 25.7 Å². The summed E-state index contributed by atoms with van der Waals surface area (Å²) < 4.78 is 0.284. The molecule has 0 nitrogen and oxygen atoms in total. The quantitative estimate of drug-likeness (QED) is 0.478. The van der Waals surface area contributed by atoms with Crippen molar-refractivity contribution in [2.24, 2.45) is 16.2 Å². The van der Waals surface area contributed by atoms with Crippen molar-refractivity contribution >= 4 is 23.5 Å². The van der Waals surface area contributed by atoms with Gasteiger partial charge in [-0.1, -0.05) is 53.7 Å². The van der Waals surface area contributed by atoms with Crippen LogP contribution in [0.3, 0.4) is 0 Å². The molecule has 1 saturated carbocycles. The van der Waals surface area contributed by atoms with Crippen molar-refractivity contribution in [2.45, 2.75) is 64.9 Å². The van der Waals surface area contributed by atoms with Crippen LogP contribution in [0.25, 0.3) is 0 Å². The molecule has 4 aliphatic rings. The molecule has 0 bridgehead atoms. The summed E-state index contributed by atoms with van der Waals surface area (Å²) in [6, 6.07) is 0. The lowest BCUT2D eigenvalue weighted by Gasteiger charge is -2.48. The van der Waals surface area contributed by atoms with Gasteiger partial charge in [0, 0.05) is 0 Å². The van der Waals surface area contributed by atoms with Crippen molar-refractivity contribution in [3.63, 3.8) is 0 Å². The van der Waals surface area contributed by atoms with E-state index in [0.717, 1.165) is 0 Å². The van der Waals surface area contributed by atoms with Gasteiger partial charge >= 0.3 is 0 Å². The maximum absolute atomic E-state index is 2.47. The van der Waals surface area contributed by atoms with Crippen LogP contribution in [0.4, 0.5) is 0 Å². The number of rotatable bonds is 0. The van der Waals surface area contributed by atoms with Crippen LogP contribution in [0.15, 0.2) is 45.3 Å². The Morgan fingerprint density at radius 3 is 1.30 bits per heavy atom. The fourth-order valence-electron chi connectivity index (χ4n) is 5.28. The first kappa shape index (κ1) is 16.1. The maximum atomic E-state index is 2.47. The Bertz CT molecular complexity index is 680. The van der Waals surface area contributed by atoms with E-state index in [1.165, 1.54) is 0 Å². The Kier molecular flexibility index (Phi) is 2.86. The summed E-state index contributed by atoms with van der Waals surface area (Å²) in [5.74, 6) is 0. The Morgan fingerprint density at radius 1 is 0.609 bits per heavy atom. The third-order valence-corrected chi connectivity index (χ3v) is 11.1. The minimum Gasteiger partial charge on any atom is -0.121 e. The zero-order valence-corrected chi connectivity index (χ0v) is 17.3. The summed E-state index contributed by atoms with van der Waals surface area (Å²) in [6.07, 6.45) is 4.83. The molecule has 23 heavy (non-hydrogen) atoms. The summed E-state index contributed by atoms with van der Waals surface area (Å²) >= 11 is 4.04. The van der Waals surface area contributed by atoms with Crippen molar-refractivity contribution in [3.8, 4) is 0 Å². The van der Waals surface area contributed by atoms with Crippen molar-refractivity contribution in [2.75, 3.05) is 0 Å². The summed E-state index contributed by atoms with van der Waals surface area (Å²) in [7, 11) is 0. The lowest BCUT2D eigenvalue weighted by molar-refractivity contribution is 0.0748. The Hall–Kier alpha value is -0.340. The van der Waals surface area contributed by atoms with Gasteiger partial charge in [-0.05, 0) is 63.2 Å². The zero-order chi connectivity index (χ0) is 17.1. The molecule has 2 heteroatoms. The minimum atomic E-state index is 0.142. The average Bonchev–Trinajstić information content (AvgIpc) is 3.02. The smallest absolute Gasteiger partial charge is 0.0612 e. The second-order valence-electron chi connectivity index (χ2n) is 9.36. The fraction of sp³-hybridized carbons (Fsp3) is 0.619. The highest BCUT2D eigenvalue weighted by Gasteiger charge is 2.67. The molecule has 2 heterocycles. The summed E-state index contributed by atoms with van der Waals surface area (Å²) in [5.41, 5.74) is 7.01. The van der Waals surface area contributed by atoms with E-state index in [1.54, 1.807) is 22.3 Å². The summed E-state index contributed by atoms with van der Waals surface area (Å²) in [4.78, 5) is 0. The van der Waals surface area contributed by atoms with Gasteiger partial charge in [0.15, 0.2) is 0 Å². The second-order valence-corrected chi connectivity index (χ2v) is 12.0. The van der Waals surface area contributed by atoms with Gasteiger partial charge in [-0.2, -0.15) is 0 Å². The number of hydrogen-bond donors (Lipinski definition) is 0. The third-order valence-electron chi connectivity index (χ3n) is 8.18. The first-order chi connectivity index (χ1) is 10.4. The molecule has 1 fully saturated rings. The maximum Gasteiger partial charge on any atom is 0.0612 e. The molecule has 0 unspecified atom stereocenters. The molecule has 2 aliphatic carbocycles. The molecule has 0 saturated heterocycles. The van der Waals surface area contributed by atoms with E-state index in [2.05, 4.69) is 78.4 Å². The Balaban J connectivity index is 2.19. The van der Waals surface area contributed by atoms with Gasteiger partial charge in [0.25, 0.3) is 0 Å². The number of fused-ring (bicyclic) bond motifs is 4. The van der Waals surface area contributed by atoms with E-state index in [0.29, 0.717) is 0 Å². The van der Waals surface area contributed by atoms with Gasteiger partial charge in [0.05, 0.1) is 9.49 Å². The van der Waals surface area contributed by atoms with Gasteiger partial charge in [0.1, 0.15) is 0 Å². The largest absolute Gasteiger partial charge is 0.121 e. The average molecular weight is 345 g/mol. The standard InChI is InChI=1S/C21H28S2/c1-17(2)15-13-9-11-22-20(13,7)21(8)14(10-12-23-21)16(15)18(3,4)19(17,5)6/h9-12H,1-8H3/t20-,21-/m1/s1. The third kappa shape index (κ3) is 1.42. The lowest BCUT2D eigenvalue weighted by Crippen LogP contribution is -2.48. The molecular weight excluding hydrogens is 316 g/mol. The highest BCUT2D eigenvalue weighted by molar-refractivity contribution is 8.08. The molecule has 124 valence electrons. The van der Waals surface area contributed by atoms with E-state index in [1.807, 2.05) is 23.5 Å². The molecule has 0 aromatic carbocycles. The van der Waals surface area contributed by atoms with Crippen LogP contribution < -0.4 is 0 Å². The molecule has 0 radical (unpaired) electrons. The number of thioether (sulfide) groups is 2. The highest BCUT2D eigenvalue weighted by Crippen LogP contribution is 2.75. The predicted octanol–water partition coefficient (Wildman–Crippen LogP) is 6.72.